The van der Waals surface area contributed by atoms with E-state index >= 15 is 0 Å². The van der Waals surface area contributed by atoms with Gasteiger partial charge in [-0.15, -0.1) is 0 Å². The number of methoxy groups -OCH3 is 1. The Morgan fingerprint density at radius 2 is 1.81 bits per heavy atom. The zero-order valence-electron chi connectivity index (χ0n) is 15.0. The standard InChI is InChI=1S/C20H25N3O3/c1-26-12-6-11-21-20(25)17-9-5-10-18(13-17)22-15-19(24)23-14-16-7-3-2-4-8-16/h2-5,7-10,13,22H,6,11-12,14-15H2,1H3,(H,21,25)(H,23,24). The molecule has 0 atom stereocenters. The number of hydrogen-bond donors (Lipinski definition) is 3. The quantitative estimate of drug-likeness (QED) is 0.571. The van der Waals surface area contributed by atoms with E-state index in [0.29, 0.717) is 25.3 Å². The Hall–Kier alpha value is -2.86. The first-order valence-corrected chi connectivity index (χ1v) is 8.60. The fourth-order valence-electron chi connectivity index (χ4n) is 2.33. The molecule has 6 heteroatoms. The number of hydrogen-bond acceptors (Lipinski definition) is 4. The summed E-state index contributed by atoms with van der Waals surface area (Å²) in [5.41, 5.74) is 2.33. The molecule has 3 N–H and O–H groups in total. The number of anilines is 1. The van der Waals surface area contributed by atoms with Gasteiger partial charge in [-0.05, 0) is 30.2 Å². The van der Waals surface area contributed by atoms with Crippen molar-refractivity contribution in [2.75, 3.05) is 32.1 Å². The Morgan fingerprint density at radius 3 is 2.58 bits per heavy atom. The van der Waals surface area contributed by atoms with Crippen molar-refractivity contribution in [1.29, 1.82) is 0 Å². The van der Waals surface area contributed by atoms with E-state index in [4.69, 9.17) is 4.74 Å². The second-order valence-electron chi connectivity index (χ2n) is 5.80. The molecule has 2 rings (SSSR count). The van der Waals surface area contributed by atoms with Crippen LogP contribution in [0.1, 0.15) is 22.3 Å². The lowest BCUT2D eigenvalue weighted by Crippen LogP contribution is -2.29. The highest BCUT2D eigenvalue weighted by molar-refractivity contribution is 5.95. The third-order valence-electron chi connectivity index (χ3n) is 3.72. The van der Waals surface area contributed by atoms with Gasteiger partial charge in [0.25, 0.3) is 5.91 Å². The van der Waals surface area contributed by atoms with Gasteiger partial charge in [0.2, 0.25) is 5.91 Å². The Bertz CT molecular complexity index is 704. The van der Waals surface area contributed by atoms with Crippen molar-refractivity contribution < 1.29 is 14.3 Å². The number of amides is 2. The second kappa shape index (κ2) is 10.9. The van der Waals surface area contributed by atoms with Crippen molar-refractivity contribution in [1.82, 2.24) is 10.6 Å². The largest absolute Gasteiger partial charge is 0.385 e. The SMILES string of the molecule is COCCCNC(=O)c1cccc(NCC(=O)NCc2ccccc2)c1. The van der Waals surface area contributed by atoms with E-state index < -0.39 is 0 Å². The van der Waals surface area contributed by atoms with E-state index in [2.05, 4.69) is 16.0 Å². The van der Waals surface area contributed by atoms with Crippen molar-refractivity contribution >= 4 is 17.5 Å². The molecule has 0 heterocycles. The maximum atomic E-state index is 12.1. The lowest BCUT2D eigenvalue weighted by atomic mass is 10.2. The minimum absolute atomic E-state index is 0.108. The van der Waals surface area contributed by atoms with E-state index in [9.17, 15) is 9.59 Å². The summed E-state index contributed by atoms with van der Waals surface area (Å²) in [6.45, 7) is 1.81. The number of benzene rings is 2. The third kappa shape index (κ3) is 6.94. The first-order valence-electron chi connectivity index (χ1n) is 8.60. The van der Waals surface area contributed by atoms with Gasteiger partial charge in [-0.1, -0.05) is 36.4 Å². The van der Waals surface area contributed by atoms with Gasteiger partial charge in [0, 0.05) is 38.1 Å². The molecule has 0 aliphatic heterocycles. The van der Waals surface area contributed by atoms with Crippen LogP contribution in [0.2, 0.25) is 0 Å². The Balaban J connectivity index is 1.76. The van der Waals surface area contributed by atoms with Crippen LogP contribution < -0.4 is 16.0 Å². The molecule has 138 valence electrons. The van der Waals surface area contributed by atoms with Crippen molar-refractivity contribution in [2.45, 2.75) is 13.0 Å². The highest BCUT2D eigenvalue weighted by Crippen LogP contribution is 2.10. The minimum Gasteiger partial charge on any atom is -0.385 e. The summed E-state index contributed by atoms with van der Waals surface area (Å²) in [7, 11) is 1.63. The van der Waals surface area contributed by atoms with E-state index in [0.717, 1.165) is 17.7 Å². The normalized spacial score (nSPS) is 10.2. The topological polar surface area (TPSA) is 79.5 Å². The maximum Gasteiger partial charge on any atom is 0.251 e. The average molecular weight is 355 g/mol. The van der Waals surface area contributed by atoms with Crippen molar-refractivity contribution in [3.05, 3.63) is 65.7 Å². The Labute approximate surface area is 153 Å². The lowest BCUT2D eigenvalue weighted by Gasteiger charge is -2.10. The molecular formula is C20H25N3O3. The second-order valence-corrected chi connectivity index (χ2v) is 5.80. The summed E-state index contributed by atoms with van der Waals surface area (Å²) in [5, 5.41) is 8.73. The zero-order valence-corrected chi connectivity index (χ0v) is 15.0. The van der Waals surface area contributed by atoms with Crippen LogP contribution in [0.25, 0.3) is 0 Å². The summed E-state index contributed by atoms with van der Waals surface area (Å²) < 4.78 is 4.95. The zero-order chi connectivity index (χ0) is 18.6. The van der Waals surface area contributed by atoms with Gasteiger partial charge in [0.05, 0.1) is 6.54 Å². The molecule has 0 saturated carbocycles. The molecule has 26 heavy (non-hydrogen) atoms. The predicted molar refractivity (Wildman–Crippen MR) is 102 cm³/mol. The van der Waals surface area contributed by atoms with Crippen LogP contribution in [0.5, 0.6) is 0 Å². The maximum absolute atomic E-state index is 12.1. The summed E-state index contributed by atoms with van der Waals surface area (Å²) in [6.07, 6.45) is 0.766. The summed E-state index contributed by atoms with van der Waals surface area (Å²) in [6, 6.07) is 16.8. The molecule has 0 aliphatic rings. The summed E-state index contributed by atoms with van der Waals surface area (Å²) in [5.74, 6) is -0.249. The van der Waals surface area contributed by atoms with Crippen LogP contribution in [-0.2, 0) is 16.1 Å². The van der Waals surface area contributed by atoms with Crippen LogP contribution in [0.4, 0.5) is 5.69 Å². The molecule has 0 unspecified atom stereocenters. The van der Waals surface area contributed by atoms with E-state index in [1.165, 1.54) is 0 Å². The molecule has 0 aliphatic carbocycles. The fourth-order valence-corrected chi connectivity index (χ4v) is 2.33. The Kier molecular flexibility index (Phi) is 8.15. The van der Waals surface area contributed by atoms with Gasteiger partial charge in [-0.25, -0.2) is 0 Å². The number of nitrogens with one attached hydrogen (secondary N) is 3. The molecule has 0 saturated heterocycles. The van der Waals surface area contributed by atoms with Gasteiger partial charge >= 0.3 is 0 Å². The molecular weight excluding hydrogens is 330 g/mol. The van der Waals surface area contributed by atoms with Crippen LogP contribution in [0, 0.1) is 0 Å². The van der Waals surface area contributed by atoms with Crippen LogP contribution in [0.15, 0.2) is 54.6 Å². The molecule has 0 fully saturated rings. The fraction of sp³-hybridized carbons (Fsp3) is 0.300. The predicted octanol–water partition coefficient (Wildman–Crippen LogP) is 2.18. The molecule has 0 radical (unpaired) electrons. The van der Waals surface area contributed by atoms with Crippen LogP contribution in [0.3, 0.4) is 0 Å². The van der Waals surface area contributed by atoms with Gasteiger partial charge in [0.15, 0.2) is 0 Å². The van der Waals surface area contributed by atoms with Crippen LogP contribution in [-0.4, -0.2) is 38.6 Å². The minimum atomic E-state index is -0.140. The van der Waals surface area contributed by atoms with Crippen molar-refractivity contribution in [3.8, 4) is 0 Å². The monoisotopic (exact) mass is 355 g/mol. The first-order chi connectivity index (χ1) is 12.7. The van der Waals surface area contributed by atoms with E-state index in [1.807, 2.05) is 36.4 Å². The molecule has 0 bridgehead atoms. The molecule has 2 aromatic carbocycles. The highest BCUT2D eigenvalue weighted by Gasteiger charge is 2.06. The molecule has 0 spiro atoms. The summed E-state index contributed by atoms with van der Waals surface area (Å²) >= 11 is 0. The molecule has 2 amide bonds. The first kappa shape index (κ1) is 19.5. The van der Waals surface area contributed by atoms with E-state index in [1.54, 1.807) is 25.3 Å². The number of carbonyl (C=O) groups is 2. The highest BCUT2D eigenvalue weighted by atomic mass is 16.5. The lowest BCUT2D eigenvalue weighted by molar-refractivity contribution is -0.119. The number of rotatable bonds is 10. The number of carbonyl (C=O) groups excluding carboxylic acids is 2. The van der Waals surface area contributed by atoms with Crippen molar-refractivity contribution in [3.63, 3.8) is 0 Å². The smallest absolute Gasteiger partial charge is 0.251 e. The van der Waals surface area contributed by atoms with Gasteiger partial charge in [-0.3, -0.25) is 9.59 Å². The molecule has 2 aromatic rings. The third-order valence-corrected chi connectivity index (χ3v) is 3.72. The number of ether oxygens (including phenoxy) is 1. The average Bonchev–Trinajstić information content (AvgIpc) is 2.69. The van der Waals surface area contributed by atoms with Gasteiger partial charge < -0.3 is 20.7 Å². The van der Waals surface area contributed by atoms with Crippen molar-refractivity contribution in [2.24, 2.45) is 0 Å². The van der Waals surface area contributed by atoms with E-state index in [-0.39, 0.29) is 18.4 Å². The van der Waals surface area contributed by atoms with Gasteiger partial charge in [-0.2, -0.15) is 0 Å². The molecule has 0 aromatic heterocycles. The van der Waals surface area contributed by atoms with Crippen LogP contribution >= 0.6 is 0 Å². The van der Waals surface area contributed by atoms with Gasteiger partial charge in [0.1, 0.15) is 0 Å². The Morgan fingerprint density at radius 1 is 1.00 bits per heavy atom. The summed E-state index contributed by atoms with van der Waals surface area (Å²) in [4.78, 5) is 24.0. The molecule has 6 nitrogen and oxygen atoms in total.